The van der Waals surface area contributed by atoms with Crippen LogP contribution in [0, 0.1) is 0 Å². The van der Waals surface area contributed by atoms with Gasteiger partial charge in [0, 0.05) is 32.4 Å². The number of amides is 2. The minimum Gasteiger partial charge on any atom is -0.366 e. The first kappa shape index (κ1) is 19.1. The number of likely N-dealkylation sites (N-methyl/N-ethyl adjacent to an activating group) is 1. The van der Waals surface area contributed by atoms with Crippen molar-refractivity contribution >= 4 is 35.1 Å². The van der Waals surface area contributed by atoms with Gasteiger partial charge in [-0.15, -0.1) is 0 Å². The molecule has 2 aromatic rings. The minimum atomic E-state index is -0.582. The average molecular weight is 386 g/mol. The first-order valence-corrected chi connectivity index (χ1v) is 9.59. The number of hydrogen-bond acceptors (Lipinski definition) is 7. The van der Waals surface area contributed by atoms with Crippen molar-refractivity contribution in [1.29, 1.82) is 0 Å². The summed E-state index contributed by atoms with van der Waals surface area (Å²) in [5, 5.41) is 3.26. The lowest BCUT2D eigenvalue weighted by molar-refractivity contribution is -0.113. The van der Waals surface area contributed by atoms with E-state index in [4.69, 9.17) is 5.73 Å². The highest BCUT2D eigenvalue weighted by Gasteiger charge is 2.16. The first-order chi connectivity index (χ1) is 13.0. The first-order valence-electron chi connectivity index (χ1n) is 8.61. The Labute approximate surface area is 162 Å². The van der Waals surface area contributed by atoms with E-state index in [-0.39, 0.29) is 17.2 Å². The Morgan fingerprint density at radius 1 is 1.19 bits per heavy atom. The number of hydrogen-bond donors (Lipinski definition) is 2. The van der Waals surface area contributed by atoms with Gasteiger partial charge >= 0.3 is 0 Å². The highest BCUT2D eigenvalue weighted by atomic mass is 32.2. The molecule has 1 aliphatic rings. The van der Waals surface area contributed by atoms with Crippen LogP contribution in [0.3, 0.4) is 0 Å². The zero-order chi connectivity index (χ0) is 19.2. The van der Waals surface area contributed by atoms with Gasteiger partial charge in [-0.1, -0.05) is 23.9 Å². The summed E-state index contributed by atoms with van der Waals surface area (Å²) >= 11 is 1.25. The van der Waals surface area contributed by atoms with Crippen LogP contribution in [0.25, 0.3) is 0 Å². The number of benzene rings is 1. The molecule has 1 fully saturated rings. The predicted molar refractivity (Wildman–Crippen MR) is 106 cm³/mol. The fraction of sp³-hybridized carbons (Fsp3) is 0.333. The third-order valence-corrected chi connectivity index (χ3v) is 5.11. The molecule has 0 spiro atoms. The Morgan fingerprint density at radius 3 is 2.67 bits per heavy atom. The van der Waals surface area contributed by atoms with Crippen LogP contribution in [0.1, 0.15) is 10.4 Å². The highest BCUT2D eigenvalue weighted by Crippen LogP contribution is 2.19. The molecule has 3 rings (SSSR count). The Bertz CT molecular complexity index is 823. The number of para-hydroxylation sites is 1. The highest BCUT2D eigenvalue weighted by molar-refractivity contribution is 7.99. The fourth-order valence-corrected chi connectivity index (χ4v) is 3.36. The van der Waals surface area contributed by atoms with Crippen molar-refractivity contribution in [1.82, 2.24) is 14.9 Å². The van der Waals surface area contributed by atoms with E-state index < -0.39 is 5.91 Å². The molecule has 2 amide bonds. The maximum Gasteiger partial charge on any atom is 0.250 e. The van der Waals surface area contributed by atoms with Crippen molar-refractivity contribution < 1.29 is 9.59 Å². The lowest BCUT2D eigenvalue weighted by atomic mass is 10.1. The van der Waals surface area contributed by atoms with Gasteiger partial charge in [0.15, 0.2) is 5.16 Å². The summed E-state index contributed by atoms with van der Waals surface area (Å²) in [5.74, 6) is 0.184. The molecule has 27 heavy (non-hydrogen) atoms. The number of nitrogens with zero attached hydrogens (tertiary/aromatic N) is 4. The minimum absolute atomic E-state index is 0.138. The van der Waals surface area contributed by atoms with Gasteiger partial charge in [0.25, 0.3) is 5.91 Å². The quantitative estimate of drug-likeness (QED) is 0.565. The maximum absolute atomic E-state index is 12.2. The van der Waals surface area contributed by atoms with Crippen LogP contribution in [0.15, 0.2) is 41.7 Å². The number of carbonyl (C=O) groups excluding carboxylic acids is 2. The van der Waals surface area contributed by atoms with Gasteiger partial charge in [-0.25, -0.2) is 9.97 Å². The lowest BCUT2D eigenvalue weighted by Crippen LogP contribution is -2.44. The molecule has 0 radical (unpaired) electrons. The topological polar surface area (TPSA) is 104 Å². The van der Waals surface area contributed by atoms with E-state index in [9.17, 15) is 9.59 Å². The van der Waals surface area contributed by atoms with E-state index >= 15 is 0 Å². The molecule has 1 aromatic carbocycles. The molecule has 0 saturated carbocycles. The maximum atomic E-state index is 12.2. The average Bonchev–Trinajstić information content (AvgIpc) is 2.67. The van der Waals surface area contributed by atoms with E-state index in [2.05, 4.69) is 32.1 Å². The van der Waals surface area contributed by atoms with Gasteiger partial charge in [-0.05, 0) is 25.2 Å². The summed E-state index contributed by atoms with van der Waals surface area (Å²) in [5.41, 5.74) is 6.02. The van der Waals surface area contributed by atoms with Crippen LogP contribution in [0.2, 0.25) is 0 Å². The largest absolute Gasteiger partial charge is 0.366 e. The number of piperazine rings is 1. The second kappa shape index (κ2) is 8.83. The van der Waals surface area contributed by atoms with E-state index in [0.29, 0.717) is 10.8 Å². The number of aromatic nitrogens is 2. The molecule has 8 nitrogen and oxygen atoms in total. The van der Waals surface area contributed by atoms with Crippen LogP contribution >= 0.6 is 11.8 Å². The Hall–Kier alpha value is -2.65. The third-order valence-electron chi connectivity index (χ3n) is 4.25. The van der Waals surface area contributed by atoms with Crippen molar-refractivity contribution in [3.63, 3.8) is 0 Å². The summed E-state index contributed by atoms with van der Waals surface area (Å²) < 4.78 is 0. The van der Waals surface area contributed by atoms with Crippen molar-refractivity contribution in [3.05, 3.63) is 42.1 Å². The van der Waals surface area contributed by atoms with Crippen LogP contribution in [0.4, 0.5) is 11.5 Å². The molecule has 0 bridgehead atoms. The molecular formula is C18H22N6O2S. The normalized spacial score (nSPS) is 14.8. The summed E-state index contributed by atoms with van der Waals surface area (Å²) in [7, 11) is 2.10. The number of carbonyl (C=O) groups is 2. The number of thioether (sulfide) groups is 1. The molecular weight excluding hydrogens is 364 g/mol. The second-order valence-corrected chi connectivity index (χ2v) is 7.18. The van der Waals surface area contributed by atoms with Crippen molar-refractivity contribution in [3.8, 4) is 0 Å². The summed E-state index contributed by atoms with van der Waals surface area (Å²) in [6.07, 6.45) is 1.71. The summed E-state index contributed by atoms with van der Waals surface area (Å²) in [4.78, 5) is 36.9. The number of nitrogens with two attached hydrogens (primary N) is 1. The zero-order valence-corrected chi connectivity index (χ0v) is 15.9. The van der Waals surface area contributed by atoms with Crippen molar-refractivity contribution in [2.24, 2.45) is 5.73 Å². The predicted octanol–water partition coefficient (Wildman–Crippen LogP) is 1.06. The Kier molecular flexibility index (Phi) is 6.25. The number of primary amides is 1. The molecule has 2 heterocycles. The standard InChI is InChI=1S/C18H22N6O2S/c1-23-8-10-24(11-9-23)15-6-7-20-18(22-15)27-12-16(25)21-14-5-3-2-4-13(14)17(19)26/h2-7H,8-12H2,1H3,(H2,19,26)(H,21,25). The van der Waals surface area contributed by atoms with Gasteiger partial charge in [-0.2, -0.15) is 0 Å². The van der Waals surface area contributed by atoms with Gasteiger partial charge in [0.05, 0.1) is 17.0 Å². The van der Waals surface area contributed by atoms with E-state index in [1.807, 2.05) is 6.07 Å². The molecule has 0 aliphatic carbocycles. The van der Waals surface area contributed by atoms with Crippen LogP contribution in [-0.4, -0.2) is 65.7 Å². The van der Waals surface area contributed by atoms with Gasteiger partial charge < -0.3 is 20.9 Å². The Balaban J connectivity index is 1.58. The number of rotatable bonds is 6. The monoisotopic (exact) mass is 386 g/mol. The van der Waals surface area contributed by atoms with E-state index in [1.54, 1.807) is 30.5 Å². The smallest absolute Gasteiger partial charge is 0.250 e. The van der Waals surface area contributed by atoms with E-state index in [0.717, 1.165) is 32.0 Å². The lowest BCUT2D eigenvalue weighted by Gasteiger charge is -2.33. The molecule has 1 aromatic heterocycles. The van der Waals surface area contributed by atoms with Crippen molar-refractivity contribution in [2.75, 3.05) is 49.2 Å². The van der Waals surface area contributed by atoms with Crippen molar-refractivity contribution in [2.45, 2.75) is 5.16 Å². The molecule has 142 valence electrons. The Morgan fingerprint density at radius 2 is 1.93 bits per heavy atom. The summed E-state index contributed by atoms with van der Waals surface area (Å²) in [6.45, 7) is 3.83. The van der Waals surface area contributed by atoms with Crippen LogP contribution < -0.4 is 16.0 Å². The second-order valence-electron chi connectivity index (χ2n) is 6.23. The van der Waals surface area contributed by atoms with Crippen LogP contribution in [0.5, 0.6) is 0 Å². The number of anilines is 2. The molecule has 1 aliphatic heterocycles. The molecule has 0 unspecified atom stereocenters. The number of nitrogens with one attached hydrogen (secondary N) is 1. The molecule has 9 heteroatoms. The SMILES string of the molecule is CN1CCN(c2ccnc(SCC(=O)Nc3ccccc3C(N)=O)n2)CC1. The van der Waals surface area contributed by atoms with Gasteiger partial charge in [0.2, 0.25) is 5.91 Å². The fourth-order valence-electron chi connectivity index (χ4n) is 2.74. The summed E-state index contributed by atoms with van der Waals surface area (Å²) in [6, 6.07) is 8.54. The molecule has 1 saturated heterocycles. The van der Waals surface area contributed by atoms with Crippen LogP contribution in [-0.2, 0) is 4.79 Å². The van der Waals surface area contributed by atoms with E-state index in [1.165, 1.54) is 11.8 Å². The molecule has 0 atom stereocenters. The van der Waals surface area contributed by atoms with Gasteiger partial charge in [-0.3, -0.25) is 9.59 Å². The zero-order valence-electron chi connectivity index (χ0n) is 15.1. The molecule has 3 N–H and O–H groups in total. The third kappa shape index (κ3) is 5.18. The van der Waals surface area contributed by atoms with Gasteiger partial charge in [0.1, 0.15) is 5.82 Å².